The summed E-state index contributed by atoms with van der Waals surface area (Å²) in [5.41, 5.74) is 2.82. The lowest BCUT2D eigenvalue weighted by atomic mass is 10.1. The van der Waals surface area contributed by atoms with Crippen LogP contribution in [0.3, 0.4) is 0 Å². The largest absolute Gasteiger partial charge is 0.372 e. The molecule has 1 aliphatic heterocycles. The van der Waals surface area contributed by atoms with Gasteiger partial charge in [-0.25, -0.2) is 0 Å². The molecule has 0 bridgehead atoms. The number of hydrogen-bond donors (Lipinski definition) is 0. The Labute approximate surface area is 96.9 Å². The predicted molar refractivity (Wildman–Crippen MR) is 69.0 cm³/mol. The summed E-state index contributed by atoms with van der Waals surface area (Å²) in [6.45, 7) is 4.68. The van der Waals surface area contributed by atoms with Crippen molar-refractivity contribution in [2.24, 2.45) is 0 Å². The molecule has 82 valence electrons. The van der Waals surface area contributed by atoms with Gasteiger partial charge in [0.2, 0.25) is 0 Å². The molecular formula is C13H19NS. The van der Waals surface area contributed by atoms with E-state index in [-0.39, 0.29) is 0 Å². The van der Waals surface area contributed by atoms with Crippen molar-refractivity contribution < 1.29 is 0 Å². The van der Waals surface area contributed by atoms with Gasteiger partial charge in [-0.05, 0) is 56.2 Å². The Morgan fingerprint density at radius 2 is 1.87 bits per heavy atom. The van der Waals surface area contributed by atoms with Crippen LogP contribution in [-0.2, 0) is 0 Å². The van der Waals surface area contributed by atoms with Gasteiger partial charge in [-0.3, -0.25) is 0 Å². The Kier molecular flexibility index (Phi) is 3.57. The number of rotatable bonds is 2. The van der Waals surface area contributed by atoms with Crippen molar-refractivity contribution in [3.8, 4) is 0 Å². The molecule has 1 heterocycles. The second kappa shape index (κ2) is 4.93. The van der Waals surface area contributed by atoms with Crippen LogP contribution in [0.25, 0.3) is 0 Å². The summed E-state index contributed by atoms with van der Waals surface area (Å²) < 4.78 is 0. The third-order valence-corrected chi connectivity index (χ3v) is 4.00. The lowest BCUT2D eigenvalue weighted by molar-refractivity contribution is 0.577. The normalized spacial score (nSPS) is 16.8. The van der Waals surface area contributed by atoms with Gasteiger partial charge in [-0.15, -0.1) is 11.8 Å². The zero-order valence-corrected chi connectivity index (χ0v) is 10.4. The van der Waals surface area contributed by atoms with E-state index in [9.17, 15) is 0 Å². The van der Waals surface area contributed by atoms with E-state index in [0.717, 1.165) is 0 Å². The zero-order chi connectivity index (χ0) is 10.7. The summed E-state index contributed by atoms with van der Waals surface area (Å²) >= 11 is 1.83. The summed E-state index contributed by atoms with van der Waals surface area (Å²) in [6, 6.07) is 6.85. The third-order valence-electron chi connectivity index (χ3n) is 3.10. The van der Waals surface area contributed by atoms with Gasteiger partial charge < -0.3 is 4.90 Å². The van der Waals surface area contributed by atoms with Crippen molar-refractivity contribution in [1.82, 2.24) is 0 Å². The molecule has 0 unspecified atom stereocenters. The molecule has 0 N–H and O–H groups in total. The van der Waals surface area contributed by atoms with E-state index in [1.54, 1.807) is 0 Å². The van der Waals surface area contributed by atoms with Crippen LogP contribution in [0.5, 0.6) is 0 Å². The van der Waals surface area contributed by atoms with E-state index < -0.39 is 0 Å². The minimum absolute atomic E-state index is 1.23. The van der Waals surface area contributed by atoms with E-state index in [1.165, 1.54) is 48.5 Å². The highest BCUT2D eigenvalue weighted by atomic mass is 32.2. The van der Waals surface area contributed by atoms with Crippen molar-refractivity contribution in [3.05, 3.63) is 23.8 Å². The fourth-order valence-electron chi connectivity index (χ4n) is 2.21. The van der Waals surface area contributed by atoms with Crippen LogP contribution in [0.1, 0.15) is 24.8 Å². The van der Waals surface area contributed by atoms with Gasteiger partial charge in [0.15, 0.2) is 0 Å². The number of thioether (sulfide) groups is 1. The molecule has 0 amide bonds. The van der Waals surface area contributed by atoms with Crippen LogP contribution in [-0.4, -0.2) is 19.3 Å². The number of aryl methyl sites for hydroxylation is 1. The summed E-state index contributed by atoms with van der Waals surface area (Å²) in [5, 5.41) is 0. The van der Waals surface area contributed by atoms with Gasteiger partial charge in [0.05, 0.1) is 0 Å². The Balaban J connectivity index is 2.17. The maximum atomic E-state index is 2.51. The number of anilines is 1. The molecule has 15 heavy (non-hydrogen) atoms. The highest BCUT2D eigenvalue weighted by Crippen LogP contribution is 2.26. The monoisotopic (exact) mass is 221 g/mol. The molecule has 2 heteroatoms. The molecular weight excluding hydrogens is 202 g/mol. The van der Waals surface area contributed by atoms with Gasteiger partial charge >= 0.3 is 0 Å². The van der Waals surface area contributed by atoms with Crippen LogP contribution in [0.4, 0.5) is 5.69 Å². The first-order chi connectivity index (χ1) is 7.31. The number of nitrogens with zero attached hydrogens (tertiary/aromatic N) is 1. The molecule has 1 aromatic carbocycles. The quantitative estimate of drug-likeness (QED) is 0.700. The molecule has 0 aliphatic carbocycles. The van der Waals surface area contributed by atoms with Crippen molar-refractivity contribution in [1.29, 1.82) is 0 Å². The number of benzene rings is 1. The van der Waals surface area contributed by atoms with Crippen molar-refractivity contribution in [2.45, 2.75) is 31.1 Å². The minimum atomic E-state index is 1.23. The first-order valence-electron chi connectivity index (χ1n) is 5.71. The van der Waals surface area contributed by atoms with Gasteiger partial charge in [0, 0.05) is 23.7 Å². The maximum Gasteiger partial charge on any atom is 0.0369 e. The first-order valence-corrected chi connectivity index (χ1v) is 6.93. The molecule has 0 saturated carbocycles. The molecule has 1 nitrogen and oxygen atoms in total. The lowest BCUT2D eigenvalue weighted by Crippen LogP contribution is -2.29. The molecule has 1 aromatic rings. The zero-order valence-electron chi connectivity index (χ0n) is 9.62. The number of piperidine rings is 1. The smallest absolute Gasteiger partial charge is 0.0369 e. The van der Waals surface area contributed by atoms with E-state index in [2.05, 4.69) is 36.3 Å². The number of hydrogen-bond acceptors (Lipinski definition) is 2. The maximum absolute atomic E-state index is 2.51. The second-order valence-corrected chi connectivity index (χ2v) is 5.05. The van der Waals surface area contributed by atoms with Gasteiger partial charge in [-0.1, -0.05) is 0 Å². The van der Waals surface area contributed by atoms with Gasteiger partial charge in [0.25, 0.3) is 0 Å². The summed E-state index contributed by atoms with van der Waals surface area (Å²) in [5.74, 6) is 0. The summed E-state index contributed by atoms with van der Waals surface area (Å²) in [7, 11) is 0. The highest BCUT2D eigenvalue weighted by Gasteiger charge is 2.11. The minimum Gasteiger partial charge on any atom is -0.372 e. The Hall–Kier alpha value is -0.630. The van der Waals surface area contributed by atoms with Crippen LogP contribution >= 0.6 is 11.8 Å². The Bertz CT molecular complexity index is 329. The summed E-state index contributed by atoms with van der Waals surface area (Å²) in [4.78, 5) is 3.91. The molecule has 0 spiro atoms. The van der Waals surface area contributed by atoms with Crippen LogP contribution in [0.15, 0.2) is 23.1 Å². The fourth-order valence-corrected chi connectivity index (χ4v) is 2.80. The molecule has 1 fully saturated rings. The van der Waals surface area contributed by atoms with Crippen LogP contribution < -0.4 is 4.90 Å². The predicted octanol–water partition coefficient (Wildman–Crippen LogP) is 3.71. The SMILES string of the molecule is CSc1ccc(N2CCCCC2)cc1C. The van der Waals surface area contributed by atoms with Crippen molar-refractivity contribution in [3.63, 3.8) is 0 Å². The lowest BCUT2D eigenvalue weighted by Gasteiger charge is -2.29. The fraction of sp³-hybridized carbons (Fsp3) is 0.538. The van der Waals surface area contributed by atoms with Gasteiger partial charge in [-0.2, -0.15) is 0 Å². The molecule has 0 radical (unpaired) electrons. The van der Waals surface area contributed by atoms with Crippen LogP contribution in [0.2, 0.25) is 0 Å². The Morgan fingerprint density at radius 3 is 2.47 bits per heavy atom. The molecule has 0 atom stereocenters. The first kappa shape index (κ1) is 10.9. The van der Waals surface area contributed by atoms with E-state index in [1.807, 2.05) is 11.8 Å². The highest BCUT2D eigenvalue weighted by molar-refractivity contribution is 7.98. The van der Waals surface area contributed by atoms with Crippen molar-refractivity contribution in [2.75, 3.05) is 24.2 Å². The molecule has 1 saturated heterocycles. The molecule has 2 rings (SSSR count). The molecule has 1 aliphatic rings. The van der Waals surface area contributed by atoms with E-state index in [4.69, 9.17) is 0 Å². The Morgan fingerprint density at radius 1 is 1.13 bits per heavy atom. The van der Waals surface area contributed by atoms with E-state index >= 15 is 0 Å². The standard InChI is InChI=1S/C13H19NS/c1-11-10-12(6-7-13(11)15-2)14-8-4-3-5-9-14/h6-7,10H,3-5,8-9H2,1-2H3. The summed E-state index contributed by atoms with van der Waals surface area (Å²) in [6.07, 6.45) is 6.24. The van der Waals surface area contributed by atoms with Gasteiger partial charge in [0.1, 0.15) is 0 Å². The van der Waals surface area contributed by atoms with E-state index in [0.29, 0.717) is 0 Å². The topological polar surface area (TPSA) is 3.24 Å². The van der Waals surface area contributed by atoms with Crippen molar-refractivity contribution >= 4 is 17.4 Å². The average molecular weight is 221 g/mol. The third kappa shape index (κ3) is 2.49. The molecule has 0 aromatic heterocycles. The van der Waals surface area contributed by atoms with Crippen LogP contribution in [0, 0.1) is 6.92 Å². The average Bonchev–Trinajstić information content (AvgIpc) is 2.30. The second-order valence-electron chi connectivity index (χ2n) is 4.20.